The van der Waals surface area contributed by atoms with Gasteiger partial charge in [0, 0.05) is 43.7 Å². The maximum Gasteiger partial charge on any atom is 0.103 e. The van der Waals surface area contributed by atoms with Crippen LogP contribution in [0, 0.1) is 0 Å². The molecule has 5 heteroatoms. The fraction of sp³-hybridized carbons (Fsp3) is 0.438. The van der Waals surface area contributed by atoms with Gasteiger partial charge < -0.3 is 19.7 Å². The van der Waals surface area contributed by atoms with Crippen molar-refractivity contribution < 1.29 is 9.84 Å². The first-order valence-electron chi connectivity index (χ1n) is 7.28. The molecular weight excluding hydrogens is 266 g/mol. The predicted molar refractivity (Wildman–Crippen MR) is 80.4 cm³/mol. The standard InChI is InChI=1S/C16H21N3O2/c1-13(18-10-16(20)6-9-21-11-16)14-2-4-15(5-3-14)19-8-7-17-12-19/h2-5,7-8,12-13,18,20H,6,9-11H2,1H3. The lowest BCUT2D eigenvalue weighted by molar-refractivity contribution is 0.0252. The normalized spacial score (nSPS) is 23.3. The second kappa shape index (κ2) is 5.97. The summed E-state index contributed by atoms with van der Waals surface area (Å²) in [6.07, 6.45) is 6.17. The van der Waals surface area contributed by atoms with Crippen molar-refractivity contribution in [1.29, 1.82) is 0 Å². The van der Waals surface area contributed by atoms with E-state index in [-0.39, 0.29) is 6.04 Å². The minimum atomic E-state index is -0.717. The van der Waals surface area contributed by atoms with E-state index < -0.39 is 5.60 Å². The number of hydrogen-bond donors (Lipinski definition) is 2. The van der Waals surface area contributed by atoms with Crippen LogP contribution in [0.1, 0.15) is 24.9 Å². The summed E-state index contributed by atoms with van der Waals surface area (Å²) in [6.45, 7) is 3.72. The van der Waals surface area contributed by atoms with Gasteiger partial charge in [0.25, 0.3) is 0 Å². The second-order valence-electron chi connectivity index (χ2n) is 5.69. The summed E-state index contributed by atoms with van der Waals surface area (Å²) < 4.78 is 7.23. The van der Waals surface area contributed by atoms with E-state index in [4.69, 9.17) is 4.74 Å². The van der Waals surface area contributed by atoms with E-state index in [9.17, 15) is 5.11 Å². The molecule has 5 nitrogen and oxygen atoms in total. The van der Waals surface area contributed by atoms with Crippen molar-refractivity contribution in [1.82, 2.24) is 14.9 Å². The van der Waals surface area contributed by atoms with Gasteiger partial charge in [-0.3, -0.25) is 0 Å². The Hall–Kier alpha value is -1.69. The van der Waals surface area contributed by atoms with Crippen LogP contribution in [-0.2, 0) is 4.74 Å². The molecule has 2 heterocycles. The zero-order valence-corrected chi connectivity index (χ0v) is 12.2. The zero-order chi connectivity index (χ0) is 14.7. The van der Waals surface area contributed by atoms with Gasteiger partial charge in [0.1, 0.15) is 5.60 Å². The third-order valence-electron chi connectivity index (χ3n) is 4.02. The van der Waals surface area contributed by atoms with E-state index in [0.717, 1.165) is 5.69 Å². The molecule has 1 fully saturated rings. The molecule has 1 saturated heterocycles. The number of aliphatic hydroxyl groups is 1. The first kappa shape index (κ1) is 14.3. The number of hydrogen-bond acceptors (Lipinski definition) is 4. The van der Waals surface area contributed by atoms with Crippen molar-refractivity contribution in [2.75, 3.05) is 19.8 Å². The minimum Gasteiger partial charge on any atom is -0.386 e. The Morgan fingerprint density at radius 1 is 1.43 bits per heavy atom. The summed E-state index contributed by atoms with van der Waals surface area (Å²) in [4.78, 5) is 4.05. The molecule has 0 radical (unpaired) electrons. The quantitative estimate of drug-likeness (QED) is 0.878. The first-order chi connectivity index (χ1) is 10.2. The second-order valence-corrected chi connectivity index (χ2v) is 5.69. The van der Waals surface area contributed by atoms with Crippen molar-refractivity contribution in [3.8, 4) is 5.69 Å². The van der Waals surface area contributed by atoms with Crippen LogP contribution in [-0.4, -0.2) is 40.0 Å². The van der Waals surface area contributed by atoms with E-state index in [1.807, 2.05) is 10.8 Å². The van der Waals surface area contributed by atoms with E-state index in [1.165, 1.54) is 5.56 Å². The molecule has 2 unspecified atom stereocenters. The van der Waals surface area contributed by atoms with Gasteiger partial charge in [0.2, 0.25) is 0 Å². The van der Waals surface area contributed by atoms with Crippen LogP contribution in [0.3, 0.4) is 0 Å². The van der Waals surface area contributed by atoms with Crippen LogP contribution < -0.4 is 5.32 Å². The van der Waals surface area contributed by atoms with E-state index in [1.54, 1.807) is 12.5 Å². The maximum atomic E-state index is 10.3. The summed E-state index contributed by atoms with van der Waals surface area (Å²) in [5.74, 6) is 0. The summed E-state index contributed by atoms with van der Waals surface area (Å²) in [7, 11) is 0. The first-order valence-corrected chi connectivity index (χ1v) is 7.28. The van der Waals surface area contributed by atoms with Gasteiger partial charge in [-0.15, -0.1) is 0 Å². The molecule has 1 aromatic carbocycles. The summed E-state index contributed by atoms with van der Waals surface area (Å²) in [5, 5.41) is 13.6. The van der Waals surface area contributed by atoms with Crippen LogP contribution in [0.4, 0.5) is 0 Å². The molecule has 2 N–H and O–H groups in total. The molecule has 2 atom stereocenters. The van der Waals surface area contributed by atoms with E-state index in [0.29, 0.717) is 26.2 Å². The third-order valence-corrected chi connectivity index (χ3v) is 4.02. The largest absolute Gasteiger partial charge is 0.386 e. The Kier molecular flexibility index (Phi) is 4.05. The number of ether oxygens (including phenoxy) is 1. The molecule has 2 aromatic rings. The molecule has 0 bridgehead atoms. The van der Waals surface area contributed by atoms with Crippen LogP contribution in [0.5, 0.6) is 0 Å². The van der Waals surface area contributed by atoms with Crippen LogP contribution in [0.2, 0.25) is 0 Å². The average molecular weight is 287 g/mol. The highest BCUT2D eigenvalue weighted by molar-refractivity contribution is 5.35. The molecule has 3 rings (SSSR count). The lowest BCUT2D eigenvalue weighted by atomic mass is 10.0. The fourth-order valence-corrected chi connectivity index (χ4v) is 2.54. The molecule has 21 heavy (non-hydrogen) atoms. The lowest BCUT2D eigenvalue weighted by Gasteiger charge is -2.24. The highest BCUT2D eigenvalue weighted by Gasteiger charge is 2.32. The van der Waals surface area contributed by atoms with Crippen molar-refractivity contribution in [3.63, 3.8) is 0 Å². The van der Waals surface area contributed by atoms with Crippen LogP contribution >= 0.6 is 0 Å². The fourth-order valence-electron chi connectivity index (χ4n) is 2.54. The van der Waals surface area contributed by atoms with Gasteiger partial charge in [-0.25, -0.2) is 4.98 Å². The number of rotatable bonds is 5. The number of nitrogens with zero attached hydrogens (tertiary/aromatic N) is 2. The highest BCUT2D eigenvalue weighted by Crippen LogP contribution is 2.20. The van der Waals surface area contributed by atoms with Crippen molar-refractivity contribution >= 4 is 0 Å². The Balaban J connectivity index is 1.61. The summed E-state index contributed by atoms with van der Waals surface area (Å²) in [5.41, 5.74) is 1.57. The van der Waals surface area contributed by atoms with Crippen molar-refractivity contribution in [2.24, 2.45) is 0 Å². The molecule has 0 aliphatic carbocycles. The Bertz CT molecular complexity index is 560. The van der Waals surface area contributed by atoms with Gasteiger partial charge >= 0.3 is 0 Å². The lowest BCUT2D eigenvalue weighted by Crippen LogP contribution is -2.41. The molecule has 0 spiro atoms. The zero-order valence-electron chi connectivity index (χ0n) is 12.2. The number of benzene rings is 1. The van der Waals surface area contributed by atoms with Gasteiger partial charge in [-0.1, -0.05) is 12.1 Å². The smallest absolute Gasteiger partial charge is 0.103 e. The SMILES string of the molecule is CC(NCC1(O)CCOC1)c1ccc(-n2ccnc2)cc1. The minimum absolute atomic E-state index is 0.187. The van der Waals surface area contributed by atoms with E-state index in [2.05, 4.69) is 41.5 Å². The number of nitrogens with one attached hydrogen (secondary N) is 1. The highest BCUT2D eigenvalue weighted by atomic mass is 16.5. The predicted octanol–water partition coefficient (Wildman–Crippen LogP) is 1.67. The Morgan fingerprint density at radius 2 is 2.24 bits per heavy atom. The number of aromatic nitrogens is 2. The molecule has 0 amide bonds. The van der Waals surface area contributed by atoms with Crippen LogP contribution in [0.25, 0.3) is 5.69 Å². The molecule has 1 aliphatic heterocycles. The van der Waals surface area contributed by atoms with Gasteiger partial charge in [-0.05, 0) is 24.6 Å². The topological polar surface area (TPSA) is 59.3 Å². The molecule has 112 valence electrons. The Labute approximate surface area is 124 Å². The van der Waals surface area contributed by atoms with Crippen molar-refractivity contribution in [2.45, 2.75) is 25.0 Å². The molecule has 1 aromatic heterocycles. The van der Waals surface area contributed by atoms with E-state index >= 15 is 0 Å². The molecule has 0 saturated carbocycles. The third kappa shape index (κ3) is 3.32. The monoisotopic (exact) mass is 287 g/mol. The molecule has 1 aliphatic rings. The van der Waals surface area contributed by atoms with Crippen molar-refractivity contribution in [3.05, 3.63) is 48.5 Å². The molecular formula is C16H21N3O2. The summed E-state index contributed by atoms with van der Waals surface area (Å²) >= 11 is 0. The average Bonchev–Trinajstić information content (AvgIpc) is 3.17. The van der Waals surface area contributed by atoms with Gasteiger partial charge in [-0.2, -0.15) is 0 Å². The maximum absolute atomic E-state index is 10.3. The van der Waals surface area contributed by atoms with Gasteiger partial charge in [0.15, 0.2) is 0 Å². The number of imidazole rings is 1. The van der Waals surface area contributed by atoms with Gasteiger partial charge in [0.05, 0.1) is 12.9 Å². The Morgan fingerprint density at radius 3 is 2.86 bits per heavy atom. The van der Waals surface area contributed by atoms with Crippen LogP contribution in [0.15, 0.2) is 43.0 Å². The summed E-state index contributed by atoms with van der Waals surface area (Å²) in [6, 6.07) is 8.53.